The summed E-state index contributed by atoms with van der Waals surface area (Å²) in [5.74, 6) is 0.239. The summed E-state index contributed by atoms with van der Waals surface area (Å²) in [6.07, 6.45) is 9.09. The van der Waals surface area contributed by atoms with Crippen LogP contribution in [0.25, 0.3) is 0 Å². The summed E-state index contributed by atoms with van der Waals surface area (Å²) in [6.45, 7) is 6.54. The van der Waals surface area contributed by atoms with Gasteiger partial charge in [-0.15, -0.1) is 0 Å². The van der Waals surface area contributed by atoms with Crippen molar-refractivity contribution in [1.29, 1.82) is 5.26 Å². The fourth-order valence-electron chi connectivity index (χ4n) is 3.22. The number of esters is 2. The van der Waals surface area contributed by atoms with Crippen LogP contribution in [0.15, 0.2) is 53.8 Å². The number of hydrogen-bond donors (Lipinski definition) is 2. The minimum atomic E-state index is -0.588. The number of anilines is 1. The number of hydrogen-bond acceptors (Lipinski definition) is 7. The molecule has 0 amide bonds. The lowest BCUT2D eigenvalue weighted by atomic mass is 10.2. The van der Waals surface area contributed by atoms with Crippen LogP contribution in [0.4, 0.5) is 5.69 Å². The molecule has 0 saturated heterocycles. The van der Waals surface area contributed by atoms with Crippen LogP contribution < -0.4 is 32.3 Å². The summed E-state index contributed by atoms with van der Waals surface area (Å²) >= 11 is 5.87. The van der Waals surface area contributed by atoms with Crippen LogP contribution in [0.1, 0.15) is 59.3 Å². The van der Waals surface area contributed by atoms with Gasteiger partial charge < -0.3 is 31.9 Å². The van der Waals surface area contributed by atoms with E-state index in [9.17, 15) is 9.59 Å². The molecule has 40 heavy (non-hydrogen) atoms. The predicted molar refractivity (Wildman–Crippen MR) is 148 cm³/mol. The molecular formula is C28H37Cl2N5O5. The molecule has 1 aromatic heterocycles. The van der Waals surface area contributed by atoms with Crippen LogP contribution in [0, 0.1) is 11.5 Å². The average Bonchev–Trinajstić information content (AvgIpc) is 2.88. The van der Waals surface area contributed by atoms with Crippen LogP contribution in [0.3, 0.4) is 0 Å². The minimum absolute atomic E-state index is 0. The van der Waals surface area contributed by atoms with Crippen molar-refractivity contribution in [3.05, 3.63) is 53.8 Å². The lowest BCUT2D eigenvalue weighted by molar-refractivity contribution is -0.727. The van der Waals surface area contributed by atoms with Crippen molar-refractivity contribution >= 4 is 35.2 Å². The quantitative estimate of drug-likeness (QED) is 0.0645. The number of halogens is 2. The first kappa shape index (κ1) is 34.5. The molecule has 0 radical (unpaired) electrons. The maximum Gasteiger partial charge on any atom is 0.311 e. The molecule has 2 rings (SSSR count). The molecule has 0 aliphatic carbocycles. The Morgan fingerprint density at radius 3 is 2.30 bits per heavy atom. The normalized spacial score (nSPS) is 11.0. The standard InChI is InChI=1S/C28H36ClN5O5.ClH/c1-28(2,3)39-26(36)13-12-25(35)38-21-34-17-14-23(15-18-34)33-27(32-20-30)31-16-6-4-5-7-19-37-24-10-8-22(29)9-11-24;/h8-11,14-15,17-18H,4-7,12-13,16,19,21H2,1-3H3,(H,31,32);1H. The van der Waals surface area contributed by atoms with E-state index in [1.54, 1.807) is 62.0 Å². The summed E-state index contributed by atoms with van der Waals surface area (Å²) < 4.78 is 17.7. The Kier molecular flexibility index (Phi) is 16.1. The molecule has 0 fully saturated rings. The van der Waals surface area contributed by atoms with Gasteiger partial charge in [-0.05, 0) is 64.3 Å². The number of ether oxygens (including phenoxy) is 3. The molecule has 2 aromatic rings. The average molecular weight is 595 g/mol. The fraction of sp³-hybridized carbons (Fsp3) is 0.464. The third-order valence-corrected chi connectivity index (χ3v) is 5.31. The number of carbonyl (C=O) groups excluding carboxylic acids is 2. The van der Waals surface area contributed by atoms with Crippen molar-refractivity contribution in [1.82, 2.24) is 5.32 Å². The lowest BCUT2D eigenvalue weighted by Crippen LogP contribution is -3.00. The number of nitrogens with one attached hydrogen (secondary N) is 2. The largest absolute Gasteiger partial charge is 1.00 e. The Bertz CT molecular complexity index is 1110. The summed E-state index contributed by atoms with van der Waals surface area (Å²) in [5, 5.41) is 15.4. The van der Waals surface area contributed by atoms with E-state index >= 15 is 0 Å². The van der Waals surface area contributed by atoms with E-state index in [-0.39, 0.29) is 32.0 Å². The Morgan fingerprint density at radius 2 is 1.65 bits per heavy atom. The third-order valence-electron chi connectivity index (χ3n) is 5.06. The molecule has 218 valence electrons. The fourth-order valence-corrected chi connectivity index (χ4v) is 3.35. The second-order valence-electron chi connectivity index (χ2n) is 9.64. The number of unbranched alkanes of at least 4 members (excludes halogenated alkanes) is 3. The maximum absolute atomic E-state index is 11.9. The van der Waals surface area contributed by atoms with Gasteiger partial charge in [0.2, 0.25) is 5.96 Å². The Morgan fingerprint density at radius 1 is 1.00 bits per heavy atom. The zero-order valence-electron chi connectivity index (χ0n) is 23.1. The monoisotopic (exact) mass is 593 g/mol. The molecular weight excluding hydrogens is 557 g/mol. The number of carbonyl (C=O) groups is 2. The molecule has 0 atom stereocenters. The van der Waals surface area contributed by atoms with E-state index in [1.165, 1.54) is 0 Å². The van der Waals surface area contributed by atoms with Gasteiger partial charge in [0.15, 0.2) is 18.6 Å². The number of guanidine groups is 1. The van der Waals surface area contributed by atoms with Gasteiger partial charge in [-0.1, -0.05) is 18.0 Å². The molecule has 2 N–H and O–H groups in total. The van der Waals surface area contributed by atoms with Crippen molar-refractivity contribution < 1.29 is 40.8 Å². The minimum Gasteiger partial charge on any atom is -1.00 e. The number of aromatic nitrogens is 1. The van der Waals surface area contributed by atoms with Gasteiger partial charge in [0, 0.05) is 23.7 Å². The van der Waals surface area contributed by atoms with Gasteiger partial charge >= 0.3 is 11.9 Å². The zero-order chi connectivity index (χ0) is 28.5. The van der Waals surface area contributed by atoms with E-state index in [4.69, 9.17) is 31.1 Å². The highest BCUT2D eigenvalue weighted by Gasteiger charge is 2.18. The summed E-state index contributed by atoms with van der Waals surface area (Å²) in [7, 11) is 0. The molecule has 1 aromatic carbocycles. The van der Waals surface area contributed by atoms with Crippen LogP contribution in [0.5, 0.6) is 5.75 Å². The van der Waals surface area contributed by atoms with Crippen LogP contribution >= 0.6 is 11.6 Å². The summed E-state index contributed by atoms with van der Waals surface area (Å²) in [6, 6.07) is 10.8. The maximum atomic E-state index is 11.9. The predicted octanol–water partition coefficient (Wildman–Crippen LogP) is 1.73. The van der Waals surface area contributed by atoms with Crippen molar-refractivity contribution in [3.63, 3.8) is 0 Å². The van der Waals surface area contributed by atoms with Gasteiger partial charge in [0.05, 0.1) is 25.1 Å². The topological polar surface area (TPSA) is 126 Å². The first-order valence-corrected chi connectivity index (χ1v) is 13.2. The van der Waals surface area contributed by atoms with Crippen LogP contribution in [0.2, 0.25) is 5.02 Å². The van der Waals surface area contributed by atoms with Crippen LogP contribution in [-0.2, 0) is 25.8 Å². The van der Waals surface area contributed by atoms with E-state index in [0.29, 0.717) is 29.8 Å². The SMILES string of the molecule is CC(C)(C)OC(=O)CCC(=O)OC[n+]1ccc(N/C(=N\CCCCCCOc2ccc(Cl)cc2)NC#N)cc1.[Cl-]. The molecule has 0 saturated carbocycles. The smallest absolute Gasteiger partial charge is 0.311 e. The molecule has 0 spiro atoms. The number of pyridine rings is 1. The Labute approximate surface area is 247 Å². The second-order valence-corrected chi connectivity index (χ2v) is 10.1. The summed E-state index contributed by atoms with van der Waals surface area (Å²) in [5.41, 5.74) is 0.123. The first-order valence-electron chi connectivity index (χ1n) is 12.9. The number of nitriles is 1. The highest BCUT2D eigenvalue weighted by atomic mass is 35.5. The molecule has 0 unspecified atom stereocenters. The van der Waals surface area contributed by atoms with Crippen molar-refractivity contribution in [2.24, 2.45) is 4.99 Å². The lowest BCUT2D eigenvalue weighted by Gasteiger charge is -2.19. The van der Waals surface area contributed by atoms with Gasteiger partial charge in [-0.3, -0.25) is 19.9 Å². The molecule has 0 aliphatic heterocycles. The van der Waals surface area contributed by atoms with Crippen molar-refractivity contribution in [3.8, 4) is 11.9 Å². The molecule has 12 heteroatoms. The Hall–Kier alpha value is -3.55. The van der Waals surface area contributed by atoms with Gasteiger partial charge in [-0.25, -0.2) is 0 Å². The number of aliphatic imine (C=N–C) groups is 1. The molecule has 1 heterocycles. The van der Waals surface area contributed by atoms with Gasteiger partial charge in [0.1, 0.15) is 11.4 Å². The van der Waals surface area contributed by atoms with Crippen molar-refractivity contribution in [2.45, 2.75) is 71.6 Å². The number of nitrogens with zero attached hydrogens (tertiary/aromatic N) is 3. The Balaban J connectivity index is 0.00000800. The van der Waals surface area contributed by atoms with E-state index in [0.717, 1.165) is 31.4 Å². The highest BCUT2D eigenvalue weighted by Crippen LogP contribution is 2.16. The zero-order valence-corrected chi connectivity index (χ0v) is 24.6. The second kappa shape index (κ2) is 18.7. The van der Waals surface area contributed by atoms with E-state index < -0.39 is 17.5 Å². The van der Waals surface area contributed by atoms with Gasteiger partial charge in [0.25, 0.3) is 6.73 Å². The number of benzene rings is 1. The van der Waals surface area contributed by atoms with E-state index in [1.807, 2.05) is 18.3 Å². The van der Waals surface area contributed by atoms with Crippen LogP contribution in [-0.4, -0.2) is 36.7 Å². The van der Waals surface area contributed by atoms with Crippen molar-refractivity contribution in [2.75, 3.05) is 18.5 Å². The molecule has 10 nitrogen and oxygen atoms in total. The van der Waals surface area contributed by atoms with E-state index in [2.05, 4.69) is 15.6 Å². The molecule has 0 bridgehead atoms. The highest BCUT2D eigenvalue weighted by molar-refractivity contribution is 6.30. The number of rotatable bonds is 14. The summed E-state index contributed by atoms with van der Waals surface area (Å²) in [4.78, 5) is 28.1. The first-order chi connectivity index (χ1) is 18.6. The third kappa shape index (κ3) is 15.8. The molecule has 0 aliphatic rings. The van der Waals surface area contributed by atoms with Gasteiger partial charge in [-0.2, -0.15) is 9.83 Å².